The number of hydrogen-bond donors (Lipinski definition) is 1. The smallest absolute Gasteiger partial charge is 0.157 e. The summed E-state index contributed by atoms with van der Waals surface area (Å²) >= 11 is 9.00. The van der Waals surface area contributed by atoms with E-state index in [1.54, 1.807) is 11.3 Å². The van der Waals surface area contributed by atoms with Crippen LogP contribution in [0.2, 0.25) is 4.34 Å². The SMILES string of the molecule is NCCCc1nnc(-c2ccc(Cl)s2)s1. The number of thiophene rings is 1. The van der Waals surface area contributed by atoms with Crippen LogP contribution in [0.1, 0.15) is 11.4 Å². The lowest BCUT2D eigenvalue weighted by atomic mass is 10.3. The van der Waals surface area contributed by atoms with Gasteiger partial charge in [-0.1, -0.05) is 22.9 Å². The van der Waals surface area contributed by atoms with Gasteiger partial charge >= 0.3 is 0 Å². The quantitative estimate of drug-likeness (QED) is 0.919. The van der Waals surface area contributed by atoms with Crippen molar-refractivity contribution in [2.75, 3.05) is 6.54 Å². The second-order valence-corrected chi connectivity index (χ2v) is 5.77. The highest BCUT2D eigenvalue weighted by Gasteiger charge is 2.08. The predicted octanol–water partition coefficient (Wildman–Crippen LogP) is 2.81. The first-order chi connectivity index (χ1) is 7.29. The Morgan fingerprint density at radius 2 is 2.13 bits per heavy atom. The predicted molar refractivity (Wildman–Crippen MR) is 65.6 cm³/mol. The standard InChI is InChI=1S/C9H10ClN3S2/c10-7-4-3-6(14-7)9-13-12-8(15-9)2-1-5-11/h3-4H,1-2,5,11H2. The molecule has 0 radical (unpaired) electrons. The number of halogens is 1. The minimum Gasteiger partial charge on any atom is -0.330 e. The summed E-state index contributed by atoms with van der Waals surface area (Å²) in [4.78, 5) is 1.08. The van der Waals surface area contributed by atoms with Crippen molar-refractivity contribution in [3.63, 3.8) is 0 Å². The van der Waals surface area contributed by atoms with Crippen molar-refractivity contribution in [2.24, 2.45) is 5.73 Å². The largest absolute Gasteiger partial charge is 0.330 e. The van der Waals surface area contributed by atoms with Crippen molar-refractivity contribution in [3.05, 3.63) is 21.5 Å². The highest BCUT2D eigenvalue weighted by atomic mass is 35.5. The second kappa shape index (κ2) is 5.03. The van der Waals surface area contributed by atoms with Crippen LogP contribution in [0.5, 0.6) is 0 Å². The third kappa shape index (κ3) is 2.75. The molecule has 0 spiro atoms. The van der Waals surface area contributed by atoms with E-state index >= 15 is 0 Å². The van der Waals surface area contributed by atoms with Gasteiger partial charge in [-0.25, -0.2) is 0 Å². The van der Waals surface area contributed by atoms with E-state index < -0.39 is 0 Å². The summed E-state index contributed by atoms with van der Waals surface area (Å²) in [5.41, 5.74) is 5.44. The van der Waals surface area contributed by atoms with Crippen LogP contribution >= 0.6 is 34.3 Å². The van der Waals surface area contributed by atoms with Gasteiger partial charge in [0, 0.05) is 6.42 Å². The summed E-state index contributed by atoms with van der Waals surface area (Å²) < 4.78 is 0.781. The Bertz CT molecular complexity index is 438. The molecule has 0 amide bonds. The Balaban J connectivity index is 2.13. The van der Waals surface area contributed by atoms with Gasteiger partial charge in [-0.15, -0.1) is 21.5 Å². The summed E-state index contributed by atoms with van der Waals surface area (Å²) in [5, 5.41) is 10.2. The molecule has 0 saturated carbocycles. The van der Waals surface area contributed by atoms with E-state index in [0.29, 0.717) is 6.54 Å². The molecule has 3 nitrogen and oxygen atoms in total. The number of aryl methyl sites for hydroxylation is 1. The zero-order chi connectivity index (χ0) is 10.7. The van der Waals surface area contributed by atoms with Crippen LogP contribution in [0.15, 0.2) is 12.1 Å². The molecule has 0 unspecified atom stereocenters. The Kier molecular flexibility index (Phi) is 3.69. The number of nitrogens with two attached hydrogens (primary N) is 1. The fourth-order valence-corrected chi connectivity index (χ4v) is 3.11. The van der Waals surface area contributed by atoms with Crippen molar-refractivity contribution in [2.45, 2.75) is 12.8 Å². The Morgan fingerprint density at radius 3 is 2.80 bits per heavy atom. The molecular formula is C9H10ClN3S2. The third-order valence-electron chi connectivity index (χ3n) is 1.85. The molecule has 0 aliphatic heterocycles. The van der Waals surface area contributed by atoms with Gasteiger partial charge in [0.2, 0.25) is 0 Å². The molecule has 0 bridgehead atoms. The number of hydrogen-bond acceptors (Lipinski definition) is 5. The van der Waals surface area contributed by atoms with Crippen LogP contribution in [0, 0.1) is 0 Å². The number of nitrogens with zero attached hydrogens (tertiary/aromatic N) is 2. The molecule has 0 aliphatic rings. The van der Waals surface area contributed by atoms with Gasteiger partial charge in [-0.2, -0.15) is 0 Å². The Morgan fingerprint density at radius 1 is 1.27 bits per heavy atom. The van der Waals surface area contributed by atoms with Gasteiger partial charge in [0.1, 0.15) is 5.01 Å². The molecule has 2 rings (SSSR count). The lowest BCUT2D eigenvalue weighted by Gasteiger charge is -1.89. The summed E-state index contributed by atoms with van der Waals surface area (Å²) in [6, 6.07) is 3.85. The first-order valence-corrected chi connectivity index (χ1v) is 6.59. The maximum atomic E-state index is 5.86. The van der Waals surface area contributed by atoms with E-state index in [0.717, 1.165) is 32.1 Å². The molecular weight excluding hydrogens is 250 g/mol. The van der Waals surface area contributed by atoms with Crippen molar-refractivity contribution in [3.8, 4) is 9.88 Å². The normalized spacial score (nSPS) is 10.8. The Labute approximate surface area is 101 Å². The molecule has 0 fully saturated rings. The van der Waals surface area contributed by atoms with Crippen molar-refractivity contribution >= 4 is 34.3 Å². The maximum absolute atomic E-state index is 5.86. The van der Waals surface area contributed by atoms with E-state index in [-0.39, 0.29) is 0 Å². The number of rotatable bonds is 4. The van der Waals surface area contributed by atoms with Crippen LogP contribution in [0.25, 0.3) is 9.88 Å². The average molecular weight is 260 g/mol. The molecule has 2 N–H and O–H groups in total. The summed E-state index contributed by atoms with van der Waals surface area (Å²) in [7, 11) is 0. The molecule has 0 aromatic carbocycles. The van der Waals surface area contributed by atoms with Crippen molar-refractivity contribution in [1.82, 2.24) is 10.2 Å². The molecule has 0 saturated heterocycles. The summed E-state index contributed by atoms with van der Waals surface area (Å²) in [6.07, 6.45) is 1.87. The zero-order valence-corrected chi connectivity index (χ0v) is 10.3. The first-order valence-electron chi connectivity index (χ1n) is 4.58. The lowest BCUT2D eigenvalue weighted by Crippen LogP contribution is -1.99. The van der Waals surface area contributed by atoms with Gasteiger partial charge in [0.05, 0.1) is 9.21 Å². The fourth-order valence-electron chi connectivity index (χ4n) is 1.14. The summed E-state index contributed by atoms with van der Waals surface area (Å²) in [6.45, 7) is 0.694. The average Bonchev–Trinajstić information content (AvgIpc) is 2.83. The molecule has 0 aliphatic carbocycles. The van der Waals surface area contributed by atoms with E-state index in [4.69, 9.17) is 17.3 Å². The Hall–Kier alpha value is -0.490. The molecule has 80 valence electrons. The van der Waals surface area contributed by atoms with Gasteiger partial charge in [0.25, 0.3) is 0 Å². The summed E-state index contributed by atoms with van der Waals surface area (Å²) in [5.74, 6) is 0. The van der Waals surface area contributed by atoms with E-state index in [1.807, 2.05) is 12.1 Å². The molecule has 2 heterocycles. The molecule has 6 heteroatoms. The van der Waals surface area contributed by atoms with E-state index in [1.165, 1.54) is 11.3 Å². The molecule has 15 heavy (non-hydrogen) atoms. The van der Waals surface area contributed by atoms with Crippen LogP contribution in [-0.4, -0.2) is 16.7 Å². The van der Waals surface area contributed by atoms with Gasteiger partial charge in [-0.05, 0) is 25.1 Å². The highest BCUT2D eigenvalue weighted by Crippen LogP contribution is 2.32. The number of aromatic nitrogens is 2. The lowest BCUT2D eigenvalue weighted by molar-refractivity contribution is 0.812. The molecule has 0 atom stereocenters. The second-order valence-electron chi connectivity index (χ2n) is 3.00. The van der Waals surface area contributed by atoms with Gasteiger partial charge < -0.3 is 5.73 Å². The van der Waals surface area contributed by atoms with Crippen LogP contribution in [0.3, 0.4) is 0 Å². The van der Waals surface area contributed by atoms with Crippen LogP contribution in [0.4, 0.5) is 0 Å². The maximum Gasteiger partial charge on any atom is 0.157 e. The van der Waals surface area contributed by atoms with Crippen molar-refractivity contribution in [1.29, 1.82) is 0 Å². The topological polar surface area (TPSA) is 51.8 Å². The monoisotopic (exact) mass is 259 g/mol. The molecule has 2 aromatic heterocycles. The van der Waals surface area contributed by atoms with Crippen LogP contribution < -0.4 is 5.73 Å². The van der Waals surface area contributed by atoms with Gasteiger partial charge in [-0.3, -0.25) is 0 Å². The minimum atomic E-state index is 0.694. The first kappa shape index (κ1) is 11.0. The van der Waals surface area contributed by atoms with Crippen molar-refractivity contribution < 1.29 is 0 Å². The third-order valence-corrected chi connectivity index (χ3v) is 4.23. The van der Waals surface area contributed by atoms with E-state index in [9.17, 15) is 0 Å². The highest BCUT2D eigenvalue weighted by molar-refractivity contribution is 7.23. The van der Waals surface area contributed by atoms with Crippen LogP contribution in [-0.2, 0) is 6.42 Å². The minimum absolute atomic E-state index is 0.694. The fraction of sp³-hybridized carbons (Fsp3) is 0.333. The van der Waals surface area contributed by atoms with Gasteiger partial charge in [0.15, 0.2) is 5.01 Å². The zero-order valence-electron chi connectivity index (χ0n) is 7.94. The van der Waals surface area contributed by atoms with E-state index in [2.05, 4.69) is 10.2 Å². The molecule has 2 aromatic rings.